The number of rotatable bonds is 1. The van der Waals surface area contributed by atoms with Crippen LogP contribution < -0.4 is 4.57 Å². The maximum Gasteiger partial charge on any atom is 0.216 e. The first-order valence-corrected chi connectivity index (χ1v) is 8.93. The zero-order chi connectivity index (χ0) is 17.8. The summed E-state index contributed by atoms with van der Waals surface area (Å²) in [6, 6.07) is 21.5. The Morgan fingerprint density at radius 2 is 1.65 bits per heavy atom. The smallest absolute Gasteiger partial charge is 0.216 e. The van der Waals surface area contributed by atoms with Crippen molar-refractivity contribution in [1.29, 1.82) is 0 Å². The number of aromatic nitrogens is 1. The first kappa shape index (κ1) is 15.2. The molecule has 0 atom stereocenters. The Labute approximate surface area is 152 Å². The number of hydrogen-bond acceptors (Lipinski definition) is 1. The van der Waals surface area contributed by atoms with Gasteiger partial charge in [0.2, 0.25) is 5.69 Å². The molecule has 0 N–H and O–H groups in total. The summed E-state index contributed by atoms with van der Waals surface area (Å²) in [5, 5.41) is 4.86. The third kappa shape index (κ3) is 2.15. The Hall–Kier alpha value is -3.13. The van der Waals surface area contributed by atoms with Crippen molar-refractivity contribution < 1.29 is 8.98 Å². The van der Waals surface area contributed by atoms with Crippen LogP contribution in [0.4, 0.5) is 0 Å². The van der Waals surface area contributed by atoms with Gasteiger partial charge in [-0.25, -0.2) is 4.57 Å². The van der Waals surface area contributed by atoms with Gasteiger partial charge in [0.05, 0.1) is 11.5 Å². The van der Waals surface area contributed by atoms with Crippen LogP contribution in [0.15, 0.2) is 71.3 Å². The average molecular weight is 338 g/mol. The van der Waals surface area contributed by atoms with E-state index in [1.807, 2.05) is 0 Å². The van der Waals surface area contributed by atoms with E-state index < -0.39 is 0 Å². The van der Waals surface area contributed by atoms with Gasteiger partial charge >= 0.3 is 0 Å². The van der Waals surface area contributed by atoms with E-state index in [2.05, 4.69) is 92.3 Å². The van der Waals surface area contributed by atoms with Crippen LogP contribution >= 0.6 is 0 Å². The second-order valence-electron chi connectivity index (χ2n) is 7.13. The Morgan fingerprint density at radius 3 is 2.50 bits per heavy atom. The van der Waals surface area contributed by atoms with Gasteiger partial charge in [0, 0.05) is 10.9 Å². The van der Waals surface area contributed by atoms with E-state index in [0.29, 0.717) is 0 Å². The summed E-state index contributed by atoms with van der Waals surface area (Å²) in [6.07, 6.45) is 2.20. The summed E-state index contributed by atoms with van der Waals surface area (Å²) in [7, 11) is 2.11. The van der Waals surface area contributed by atoms with Gasteiger partial charge in [0.1, 0.15) is 18.2 Å². The molecule has 2 aromatic heterocycles. The molecule has 0 spiro atoms. The molecule has 0 saturated carbocycles. The van der Waals surface area contributed by atoms with Crippen LogP contribution in [0.3, 0.4) is 0 Å². The lowest BCUT2D eigenvalue weighted by molar-refractivity contribution is -0.659. The number of furan rings is 1. The van der Waals surface area contributed by atoms with Crippen LogP contribution in [0.25, 0.3) is 44.0 Å². The minimum absolute atomic E-state index is 0.935. The van der Waals surface area contributed by atoms with Gasteiger partial charge in [0.15, 0.2) is 6.20 Å². The molecule has 2 heterocycles. The van der Waals surface area contributed by atoms with E-state index in [-0.39, 0.29) is 0 Å². The molecule has 2 nitrogen and oxygen atoms in total. The Kier molecular flexibility index (Phi) is 3.17. The minimum atomic E-state index is 0.935. The van der Waals surface area contributed by atoms with Crippen molar-refractivity contribution in [3.05, 3.63) is 78.0 Å². The highest BCUT2D eigenvalue weighted by Gasteiger charge is 2.19. The van der Waals surface area contributed by atoms with Crippen LogP contribution in [0.2, 0.25) is 0 Å². The van der Waals surface area contributed by atoms with Gasteiger partial charge in [0.25, 0.3) is 0 Å². The van der Waals surface area contributed by atoms with E-state index >= 15 is 0 Å². The summed E-state index contributed by atoms with van der Waals surface area (Å²) in [5.74, 6) is 0. The van der Waals surface area contributed by atoms with Crippen LogP contribution in [0.5, 0.6) is 0 Å². The molecule has 5 aromatic rings. The van der Waals surface area contributed by atoms with Gasteiger partial charge in [-0.1, -0.05) is 48.0 Å². The lowest BCUT2D eigenvalue weighted by Crippen LogP contribution is -2.30. The van der Waals surface area contributed by atoms with Gasteiger partial charge in [-0.05, 0) is 42.3 Å². The van der Waals surface area contributed by atoms with E-state index in [0.717, 1.165) is 22.2 Å². The second-order valence-corrected chi connectivity index (χ2v) is 7.13. The van der Waals surface area contributed by atoms with Crippen molar-refractivity contribution >= 4 is 32.7 Å². The Bertz CT molecular complexity index is 1310. The van der Waals surface area contributed by atoms with Crippen molar-refractivity contribution in [3.8, 4) is 11.3 Å². The van der Waals surface area contributed by atoms with Crippen molar-refractivity contribution in [2.24, 2.45) is 7.05 Å². The molecule has 0 aliphatic heterocycles. The number of benzene rings is 3. The summed E-state index contributed by atoms with van der Waals surface area (Å²) in [5.41, 5.74) is 6.81. The molecule has 5 rings (SSSR count). The molecule has 2 heteroatoms. The van der Waals surface area contributed by atoms with Gasteiger partial charge in [-0.15, -0.1) is 0 Å². The van der Waals surface area contributed by atoms with Gasteiger partial charge in [-0.3, -0.25) is 0 Å². The third-order valence-corrected chi connectivity index (χ3v) is 5.28. The molecule has 0 bridgehead atoms. The Balaban J connectivity index is 1.87. The molecule has 0 radical (unpaired) electrons. The molecule has 0 aliphatic rings. The standard InChI is InChI=1S/C24H20NO/c1-15-8-10-19-17(12-15)9-11-22-24(19)20-14-25(3)21(13-23(20)26-22)18-7-5-4-6-16(18)2/h4-14H,1-3H3/q+1. The predicted molar refractivity (Wildman–Crippen MR) is 107 cm³/mol. The fourth-order valence-corrected chi connectivity index (χ4v) is 3.94. The molecule has 0 unspecified atom stereocenters. The van der Waals surface area contributed by atoms with Crippen LogP contribution in [-0.2, 0) is 7.05 Å². The summed E-state index contributed by atoms with van der Waals surface area (Å²) in [6.45, 7) is 4.28. The fourth-order valence-electron chi connectivity index (χ4n) is 3.94. The van der Waals surface area contributed by atoms with Crippen molar-refractivity contribution in [3.63, 3.8) is 0 Å². The fraction of sp³-hybridized carbons (Fsp3) is 0.125. The predicted octanol–water partition coefficient (Wildman–Crippen LogP) is 5.85. The van der Waals surface area contributed by atoms with E-state index in [9.17, 15) is 0 Å². The van der Waals surface area contributed by atoms with Crippen LogP contribution in [-0.4, -0.2) is 0 Å². The van der Waals surface area contributed by atoms with Crippen LogP contribution in [0, 0.1) is 13.8 Å². The highest BCUT2D eigenvalue weighted by atomic mass is 16.3. The van der Waals surface area contributed by atoms with Crippen molar-refractivity contribution in [2.45, 2.75) is 13.8 Å². The van der Waals surface area contributed by atoms with Crippen molar-refractivity contribution in [2.75, 3.05) is 0 Å². The highest BCUT2D eigenvalue weighted by molar-refractivity contribution is 6.18. The number of nitrogens with zero attached hydrogens (tertiary/aromatic N) is 1. The third-order valence-electron chi connectivity index (χ3n) is 5.28. The first-order valence-electron chi connectivity index (χ1n) is 8.93. The monoisotopic (exact) mass is 338 g/mol. The number of pyridine rings is 1. The number of aryl methyl sites for hydroxylation is 3. The molecule has 126 valence electrons. The zero-order valence-electron chi connectivity index (χ0n) is 15.2. The lowest BCUT2D eigenvalue weighted by atomic mass is 10.0. The molecular weight excluding hydrogens is 318 g/mol. The summed E-state index contributed by atoms with van der Waals surface area (Å²) in [4.78, 5) is 0. The topological polar surface area (TPSA) is 17.0 Å². The largest absolute Gasteiger partial charge is 0.456 e. The number of hydrogen-bond donors (Lipinski definition) is 0. The maximum absolute atomic E-state index is 6.23. The second kappa shape index (κ2) is 5.43. The molecule has 0 amide bonds. The van der Waals surface area contributed by atoms with Crippen LogP contribution in [0.1, 0.15) is 11.1 Å². The average Bonchev–Trinajstić information content (AvgIpc) is 2.99. The van der Waals surface area contributed by atoms with E-state index in [4.69, 9.17) is 4.42 Å². The summed E-state index contributed by atoms with van der Waals surface area (Å²) >= 11 is 0. The van der Waals surface area contributed by atoms with E-state index in [1.54, 1.807) is 0 Å². The Morgan fingerprint density at radius 1 is 0.808 bits per heavy atom. The lowest BCUT2D eigenvalue weighted by Gasteiger charge is -2.04. The summed E-state index contributed by atoms with van der Waals surface area (Å²) < 4.78 is 8.44. The highest BCUT2D eigenvalue weighted by Crippen LogP contribution is 2.35. The van der Waals surface area contributed by atoms with Gasteiger partial charge < -0.3 is 4.42 Å². The first-order chi connectivity index (χ1) is 12.6. The minimum Gasteiger partial charge on any atom is -0.456 e. The SMILES string of the molecule is Cc1ccc2c(ccc3oc4cc(-c5ccccc5C)[n+](C)cc4c32)c1. The molecule has 0 aliphatic carbocycles. The quantitative estimate of drug-likeness (QED) is 0.351. The molecule has 0 saturated heterocycles. The molecule has 3 aromatic carbocycles. The van der Waals surface area contributed by atoms with Gasteiger partial charge in [-0.2, -0.15) is 0 Å². The molecular formula is C24H20NO+. The van der Waals surface area contributed by atoms with E-state index in [1.165, 1.54) is 32.8 Å². The molecule has 26 heavy (non-hydrogen) atoms. The number of fused-ring (bicyclic) bond motifs is 5. The normalized spacial score (nSPS) is 11.7. The van der Waals surface area contributed by atoms with Crippen molar-refractivity contribution in [1.82, 2.24) is 0 Å². The zero-order valence-corrected chi connectivity index (χ0v) is 15.2. The maximum atomic E-state index is 6.23. The molecule has 0 fully saturated rings.